The molecule has 9 heteroatoms. The smallest absolute Gasteiger partial charge is 0.312 e. The molecule has 0 saturated carbocycles. The monoisotopic (exact) mass is 615 g/mol. The number of carbonyl (C=O) groups excluding carboxylic acids is 3. The van der Waals surface area contributed by atoms with E-state index in [9.17, 15) is 19.5 Å². The molecule has 0 radical (unpaired) electrons. The van der Waals surface area contributed by atoms with Gasteiger partial charge in [-0.05, 0) is 69.4 Å². The van der Waals surface area contributed by atoms with Gasteiger partial charge in [-0.1, -0.05) is 42.5 Å². The third kappa shape index (κ3) is 5.79. The van der Waals surface area contributed by atoms with Crippen LogP contribution in [0.25, 0.3) is 0 Å². The van der Waals surface area contributed by atoms with Crippen LogP contribution in [0.4, 0.5) is 11.4 Å². The van der Waals surface area contributed by atoms with Crippen molar-refractivity contribution in [1.82, 2.24) is 4.90 Å². The van der Waals surface area contributed by atoms with E-state index in [4.69, 9.17) is 9.47 Å². The molecule has 3 heterocycles. The van der Waals surface area contributed by atoms with Crippen molar-refractivity contribution in [3.8, 4) is 0 Å². The van der Waals surface area contributed by atoms with Crippen LogP contribution in [0.2, 0.25) is 0 Å². The van der Waals surface area contributed by atoms with Gasteiger partial charge in [0, 0.05) is 31.0 Å². The lowest BCUT2D eigenvalue weighted by atomic mass is 9.70. The Morgan fingerprint density at radius 1 is 1.09 bits per heavy atom. The van der Waals surface area contributed by atoms with Gasteiger partial charge in [0.2, 0.25) is 5.91 Å². The molecular weight excluding hydrogens is 570 g/mol. The lowest BCUT2D eigenvalue weighted by Gasteiger charge is -2.39. The number of aliphatic hydroxyl groups is 1. The molecule has 240 valence electrons. The van der Waals surface area contributed by atoms with E-state index in [1.165, 1.54) is 4.90 Å². The first-order valence-corrected chi connectivity index (χ1v) is 16.1. The minimum Gasteiger partial charge on any atom is -0.465 e. The van der Waals surface area contributed by atoms with Crippen molar-refractivity contribution in [2.75, 3.05) is 42.6 Å². The minimum absolute atomic E-state index is 0.204. The third-order valence-electron chi connectivity index (χ3n) is 9.60. The predicted molar refractivity (Wildman–Crippen MR) is 174 cm³/mol. The van der Waals surface area contributed by atoms with Crippen LogP contribution in [0.3, 0.4) is 0 Å². The molecule has 3 aliphatic rings. The van der Waals surface area contributed by atoms with Crippen LogP contribution in [-0.2, 0) is 23.9 Å². The summed E-state index contributed by atoms with van der Waals surface area (Å²) in [6.07, 6.45) is 5.22. The summed E-state index contributed by atoms with van der Waals surface area (Å²) >= 11 is 0. The number of fused-ring (bicyclic) bond motifs is 1. The van der Waals surface area contributed by atoms with E-state index in [1.54, 1.807) is 17.1 Å². The van der Waals surface area contributed by atoms with Crippen LogP contribution in [0.5, 0.6) is 0 Å². The van der Waals surface area contributed by atoms with E-state index < -0.39 is 48.2 Å². The van der Waals surface area contributed by atoms with E-state index in [2.05, 4.69) is 31.9 Å². The summed E-state index contributed by atoms with van der Waals surface area (Å²) in [5.74, 6) is -2.91. The number of unbranched alkanes of at least 4 members (excludes halogenated alkanes) is 1. The van der Waals surface area contributed by atoms with Crippen molar-refractivity contribution in [2.45, 2.75) is 63.3 Å². The summed E-state index contributed by atoms with van der Waals surface area (Å²) in [6, 6.07) is 15.1. The van der Waals surface area contributed by atoms with Crippen molar-refractivity contribution in [2.24, 2.45) is 11.8 Å². The normalized spacial score (nSPS) is 25.5. The molecule has 2 aromatic rings. The van der Waals surface area contributed by atoms with Crippen molar-refractivity contribution in [3.63, 3.8) is 0 Å². The number of ether oxygens (including phenoxy) is 2. The average Bonchev–Trinajstić information content (AvgIpc) is 3.71. The zero-order valence-electron chi connectivity index (χ0n) is 26.3. The number of anilines is 2. The van der Waals surface area contributed by atoms with Gasteiger partial charge in [0.15, 0.2) is 0 Å². The zero-order chi connectivity index (χ0) is 32.1. The van der Waals surface area contributed by atoms with Crippen molar-refractivity contribution < 1.29 is 29.0 Å². The highest BCUT2D eigenvalue weighted by Crippen LogP contribution is 2.60. The van der Waals surface area contributed by atoms with Crippen LogP contribution in [0.1, 0.15) is 51.1 Å². The number of carbonyl (C=O) groups is 3. The summed E-state index contributed by atoms with van der Waals surface area (Å²) in [7, 11) is 0. The fraction of sp³-hybridized carbons (Fsp3) is 0.472. The summed E-state index contributed by atoms with van der Waals surface area (Å²) in [6.45, 7) is 13.5. The van der Waals surface area contributed by atoms with E-state index >= 15 is 0 Å². The third-order valence-corrected chi connectivity index (χ3v) is 9.60. The standard InChI is InChI=1S/C36H45N3O6/c1-5-9-13-23-44-35(43)30-29-20-21-36(45-29)31(30)33(41)39(28(24-40)25-14-11-10-12-15-25)32(36)34(42)38(22-6-2)27-18-16-26(17-19-27)37(7-3)8-4/h5-6,10-12,14-19,28-32,40H,1-2,7-9,13,20-24H2,3-4H3/t28-,29-,30+,31+,32?,36?/m1/s1. The first kappa shape index (κ1) is 32.4. The molecule has 2 bridgehead atoms. The van der Waals surface area contributed by atoms with E-state index in [-0.39, 0.29) is 25.0 Å². The molecule has 3 aliphatic heterocycles. The Bertz CT molecular complexity index is 1380. The van der Waals surface area contributed by atoms with Crippen LogP contribution in [0.15, 0.2) is 79.9 Å². The maximum Gasteiger partial charge on any atom is 0.312 e. The highest BCUT2D eigenvalue weighted by molar-refractivity contribution is 6.05. The van der Waals surface area contributed by atoms with Gasteiger partial charge in [0.25, 0.3) is 5.91 Å². The molecule has 6 atom stereocenters. The van der Waals surface area contributed by atoms with Gasteiger partial charge < -0.3 is 29.3 Å². The molecule has 45 heavy (non-hydrogen) atoms. The Kier molecular flexibility index (Phi) is 10.1. The number of amides is 2. The van der Waals surface area contributed by atoms with Crippen LogP contribution >= 0.6 is 0 Å². The Morgan fingerprint density at radius 2 is 1.78 bits per heavy atom. The first-order chi connectivity index (χ1) is 21.9. The number of hydrogen-bond donors (Lipinski definition) is 1. The summed E-state index contributed by atoms with van der Waals surface area (Å²) in [5.41, 5.74) is 1.17. The van der Waals surface area contributed by atoms with Gasteiger partial charge in [-0.3, -0.25) is 14.4 Å². The maximum absolute atomic E-state index is 14.9. The average molecular weight is 616 g/mol. The lowest BCUT2D eigenvalue weighted by molar-refractivity contribution is -0.156. The Balaban J connectivity index is 1.56. The lowest BCUT2D eigenvalue weighted by Crippen LogP contribution is -2.57. The minimum atomic E-state index is -1.23. The van der Waals surface area contributed by atoms with Crippen molar-refractivity contribution in [3.05, 3.63) is 85.5 Å². The van der Waals surface area contributed by atoms with Crippen molar-refractivity contribution >= 4 is 29.2 Å². The quantitative estimate of drug-likeness (QED) is 0.177. The number of aliphatic hydroxyl groups excluding tert-OH is 1. The van der Waals surface area contributed by atoms with Crippen LogP contribution in [-0.4, -0.2) is 78.4 Å². The van der Waals surface area contributed by atoms with Gasteiger partial charge in [-0.25, -0.2) is 0 Å². The molecule has 1 spiro atoms. The van der Waals surface area contributed by atoms with E-state index in [1.807, 2.05) is 54.6 Å². The molecule has 1 N–H and O–H groups in total. The van der Waals surface area contributed by atoms with Gasteiger partial charge in [-0.2, -0.15) is 0 Å². The number of benzene rings is 2. The molecule has 3 saturated heterocycles. The van der Waals surface area contributed by atoms with Crippen LogP contribution in [0, 0.1) is 11.8 Å². The molecule has 5 rings (SSSR count). The highest BCUT2D eigenvalue weighted by Gasteiger charge is 2.75. The fourth-order valence-corrected chi connectivity index (χ4v) is 7.53. The topological polar surface area (TPSA) is 99.6 Å². The molecule has 9 nitrogen and oxygen atoms in total. The molecule has 0 aliphatic carbocycles. The van der Waals surface area contributed by atoms with Crippen LogP contribution < -0.4 is 9.80 Å². The Morgan fingerprint density at radius 3 is 2.40 bits per heavy atom. The number of nitrogens with zero attached hydrogens (tertiary/aromatic N) is 3. The largest absolute Gasteiger partial charge is 0.465 e. The molecule has 2 unspecified atom stereocenters. The molecule has 2 aromatic carbocycles. The summed E-state index contributed by atoms with van der Waals surface area (Å²) in [4.78, 5) is 48.3. The van der Waals surface area contributed by atoms with Gasteiger partial charge in [0.1, 0.15) is 11.6 Å². The Labute approximate surface area is 266 Å². The Hall–Kier alpha value is -3.95. The number of allylic oxidation sites excluding steroid dienone is 1. The summed E-state index contributed by atoms with van der Waals surface area (Å²) in [5, 5.41) is 10.7. The van der Waals surface area contributed by atoms with E-state index in [0.29, 0.717) is 36.9 Å². The molecular formula is C36H45N3O6. The van der Waals surface area contributed by atoms with Gasteiger partial charge >= 0.3 is 5.97 Å². The highest BCUT2D eigenvalue weighted by atomic mass is 16.6. The summed E-state index contributed by atoms with van der Waals surface area (Å²) < 4.78 is 12.3. The number of esters is 1. The first-order valence-electron chi connectivity index (χ1n) is 16.1. The van der Waals surface area contributed by atoms with Gasteiger partial charge in [-0.15, -0.1) is 13.2 Å². The predicted octanol–water partition coefficient (Wildman–Crippen LogP) is 4.67. The van der Waals surface area contributed by atoms with E-state index in [0.717, 1.165) is 18.8 Å². The molecule has 2 amide bonds. The number of hydrogen-bond acceptors (Lipinski definition) is 7. The van der Waals surface area contributed by atoms with Gasteiger partial charge in [0.05, 0.1) is 37.2 Å². The molecule has 3 fully saturated rings. The fourth-order valence-electron chi connectivity index (χ4n) is 7.53. The second-order valence-corrected chi connectivity index (χ2v) is 11.9. The SMILES string of the molecule is C=CCCCOC(=O)[C@@H]1[C@H]2C(=O)N([C@H](CO)c3ccccc3)C(C(=O)N(CC=C)c3ccc(N(CC)CC)cc3)C23CC[C@H]1O3. The second-order valence-electron chi connectivity index (χ2n) is 11.9. The number of likely N-dealkylation sites (tertiary alicyclic amines) is 1. The number of rotatable bonds is 15. The second kappa shape index (κ2) is 14.0. The van der Waals surface area contributed by atoms with Crippen molar-refractivity contribution in [1.29, 1.82) is 0 Å². The maximum atomic E-state index is 14.9. The zero-order valence-corrected chi connectivity index (χ0v) is 26.3. The molecule has 0 aromatic heterocycles.